The van der Waals surface area contributed by atoms with Crippen molar-refractivity contribution in [2.75, 3.05) is 38.3 Å². The van der Waals surface area contributed by atoms with E-state index in [9.17, 15) is 4.79 Å². The molecule has 0 unspecified atom stereocenters. The molecule has 1 N–H and O–H groups in total. The number of anilines is 1. The number of nitrogens with one attached hydrogen (secondary N) is 1. The van der Waals surface area contributed by atoms with E-state index >= 15 is 0 Å². The molecular formula is C14H17N3O2S. The number of amides is 1. The Balaban J connectivity index is 1.56. The maximum Gasteiger partial charge on any atom is 0.226 e. The highest BCUT2D eigenvalue weighted by Gasteiger charge is 2.34. The Kier molecular flexibility index (Phi) is 3.84. The van der Waals surface area contributed by atoms with Crippen molar-refractivity contribution in [3.63, 3.8) is 0 Å². The summed E-state index contributed by atoms with van der Waals surface area (Å²) >= 11 is 1.68. The Morgan fingerprint density at radius 3 is 3.05 bits per heavy atom. The standard InChI is InChI=1S/C14H17N3O2S/c1-19-7-6-15-13(18)10-8-17(9-10)14-16-11-4-2-3-5-12(11)20-14/h2-5,10H,6-9H2,1H3,(H,15,18). The highest BCUT2D eigenvalue weighted by Crippen LogP contribution is 2.32. The minimum Gasteiger partial charge on any atom is -0.383 e. The summed E-state index contributed by atoms with van der Waals surface area (Å²) in [6.07, 6.45) is 0. The van der Waals surface area contributed by atoms with Gasteiger partial charge in [-0.3, -0.25) is 4.79 Å². The molecule has 3 rings (SSSR count). The SMILES string of the molecule is COCCNC(=O)C1CN(c2nc3ccccc3s2)C1. The van der Waals surface area contributed by atoms with Crippen LogP contribution in [0, 0.1) is 5.92 Å². The van der Waals surface area contributed by atoms with E-state index in [4.69, 9.17) is 4.74 Å². The third-order valence-corrected chi connectivity index (χ3v) is 4.51. The Bertz CT molecular complexity index is 574. The zero-order valence-corrected chi connectivity index (χ0v) is 12.2. The van der Waals surface area contributed by atoms with Gasteiger partial charge in [0.1, 0.15) is 0 Å². The summed E-state index contributed by atoms with van der Waals surface area (Å²) in [7, 11) is 1.63. The maximum atomic E-state index is 11.8. The lowest BCUT2D eigenvalue weighted by Crippen LogP contribution is -2.54. The largest absolute Gasteiger partial charge is 0.383 e. The van der Waals surface area contributed by atoms with Crippen LogP contribution >= 0.6 is 11.3 Å². The molecular weight excluding hydrogens is 274 g/mol. The summed E-state index contributed by atoms with van der Waals surface area (Å²) in [5, 5.41) is 3.88. The molecule has 1 aliphatic heterocycles. The summed E-state index contributed by atoms with van der Waals surface area (Å²) in [5.41, 5.74) is 1.03. The van der Waals surface area contributed by atoms with Gasteiger partial charge in [-0.15, -0.1) is 0 Å². The van der Waals surface area contributed by atoms with Crippen LogP contribution < -0.4 is 10.2 Å². The Labute approximate surface area is 121 Å². The van der Waals surface area contributed by atoms with Crippen molar-refractivity contribution in [3.05, 3.63) is 24.3 Å². The second kappa shape index (κ2) is 5.76. The zero-order chi connectivity index (χ0) is 13.9. The van der Waals surface area contributed by atoms with E-state index in [0.29, 0.717) is 13.2 Å². The van der Waals surface area contributed by atoms with Crippen LogP contribution in [0.2, 0.25) is 0 Å². The molecule has 0 aliphatic carbocycles. The van der Waals surface area contributed by atoms with Gasteiger partial charge in [-0.05, 0) is 12.1 Å². The Morgan fingerprint density at radius 2 is 2.30 bits per heavy atom. The van der Waals surface area contributed by atoms with Crippen molar-refractivity contribution in [3.8, 4) is 0 Å². The number of aromatic nitrogens is 1. The van der Waals surface area contributed by atoms with Crippen LogP contribution in [0.3, 0.4) is 0 Å². The molecule has 1 amide bonds. The van der Waals surface area contributed by atoms with E-state index in [1.54, 1.807) is 18.4 Å². The number of para-hydroxylation sites is 1. The van der Waals surface area contributed by atoms with Gasteiger partial charge in [0.15, 0.2) is 5.13 Å². The fourth-order valence-electron chi connectivity index (χ4n) is 2.22. The highest BCUT2D eigenvalue weighted by atomic mass is 32.1. The Morgan fingerprint density at radius 1 is 1.50 bits per heavy atom. The first-order valence-electron chi connectivity index (χ1n) is 6.65. The van der Waals surface area contributed by atoms with Crippen LogP contribution in [-0.2, 0) is 9.53 Å². The number of fused-ring (bicyclic) bond motifs is 1. The number of rotatable bonds is 5. The first kappa shape index (κ1) is 13.3. The average molecular weight is 291 g/mol. The Hall–Kier alpha value is -1.66. The van der Waals surface area contributed by atoms with E-state index in [1.165, 1.54) is 4.70 Å². The van der Waals surface area contributed by atoms with Crippen LogP contribution in [-0.4, -0.2) is 44.2 Å². The summed E-state index contributed by atoms with van der Waals surface area (Å²) < 4.78 is 6.10. The van der Waals surface area contributed by atoms with Crippen LogP contribution in [0.5, 0.6) is 0 Å². The molecule has 1 aromatic carbocycles. The molecule has 2 aromatic rings. The zero-order valence-electron chi connectivity index (χ0n) is 11.3. The van der Waals surface area contributed by atoms with E-state index in [1.807, 2.05) is 18.2 Å². The molecule has 5 nitrogen and oxygen atoms in total. The summed E-state index contributed by atoms with van der Waals surface area (Å²) in [6.45, 7) is 2.63. The van der Waals surface area contributed by atoms with Crippen molar-refractivity contribution in [1.82, 2.24) is 10.3 Å². The second-order valence-corrected chi connectivity index (χ2v) is 5.86. The minimum absolute atomic E-state index is 0.0684. The lowest BCUT2D eigenvalue weighted by Gasteiger charge is -2.37. The van der Waals surface area contributed by atoms with Crippen LogP contribution in [0.15, 0.2) is 24.3 Å². The smallest absolute Gasteiger partial charge is 0.226 e. The van der Waals surface area contributed by atoms with Gasteiger partial charge in [-0.2, -0.15) is 0 Å². The first-order chi connectivity index (χ1) is 9.78. The van der Waals surface area contributed by atoms with Gasteiger partial charge in [0.2, 0.25) is 5.91 Å². The van der Waals surface area contributed by atoms with Crippen molar-refractivity contribution >= 4 is 32.6 Å². The molecule has 1 aromatic heterocycles. The van der Waals surface area contributed by atoms with Crippen LogP contribution in [0.1, 0.15) is 0 Å². The number of nitrogens with zero attached hydrogens (tertiary/aromatic N) is 2. The van der Waals surface area contributed by atoms with Crippen LogP contribution in [0.25, 0.3) is 10.2 Å². The van der Waals surface area contributed by atoms with Gasteiger partial charge < -0.3 is 15.0 Å². The molecule has 0 atom stereocenters. The molecule has 0 radical (unpaired) electrons. The van der Waals surface area contributed by atoms with Gasteiger partial charge in [-0.1, -0.05) is 23.5 Å². The van der Waals surface area contributed by atoms with E-state index in [0.717, 1.165) is 23.7 Å². The third-order valence-electron chi connectivity index (χ3n) is 3.41. The van der Waals surface area contributed by atoms with Gasteiger partial charge in [0, 0.05) is 26.7 Å². The van der Waals surface area contributed by atoms with Crippen molar-refractivity contribution in [1.29, 1.82) is 0 Å². The number of hydrogen-bond donors (Lipinski definition) is 1. The van der Waals surface area contributed by atoms with Crippen molar-refractivity contribution in [2.45, 2.75) is 0 Å². The van der Waals surface area contributed by atoms with E-state index in [-0.39, 0.29) is 11.8 Å². The minimum atomic E-state index is 0.0684. The molecule has 2 heterocycles. The third kappa shape index (κ3) is 2.62. The summed E-state index contributed by atoms with van der Waals surface area (Å²) in [4.78, 5) is 18.6. The molecule has 1 aliphatic rings. The number of carbonyl (C=O) groups is 1. The number of thiazole rings is 1. The van der Waals surface area contributed by atoms with Gasteiger partial charge in [0.25, 0.3) is 0 Å². The lowest BCUT2D eigenvalue weighted by molar-refractivity contribution is -0.125. The lowest BCUT2D eigenvalue weighted by atomic mass is 10.0. The monoisotopic (exact) mass is 291 g/mol. The second-order valence-electron chi connectivity index (χ2n) is 4.85. The molecule has 20 heavy (non-hydrogen) atoms. The number of methoxy groups -OCH3 is 1. The topological polar surface area (TPSA) is 54.5 Å². The highest BCUT2D eigenvalue weighted by molar-refractivity contribution is 7.22. The van der Waals surface area contributed by atoms with E-state index in [2.05, 4.69) is 21.3 Å². The number of benzene rings is 1. The van der Waals surface area contributed by atoms with Crippen LogP contribution in [0.4, 0.5) is 5.13 Å². The van der Waals surface area contributed by atoms with Gasteiger partial charge in [0.05, 0.1) is 22.7 Å². The van der Waals surface area contributed by atoms with Gasteiger partial charge >= 0.3 is 0 Å². The number of carbonyl (C=O) groups excluding carboxylic acids is 1. The molecule has 6 heteroatoms. The number of hydrogen-bond acceptors (Lipinski definition) is 5. The maximum absolute atomic E-state index is 11.8. The molecule has 1 fully saturated rings. The average Bonchev–Trinajstić information content (AvgIpc) is 2.80. The van der Waals surface area contributed by atoms with Crippen molar-refractivity contribution in [2.24, 2.45) is 5.92 Å². The quantitative estimate of drug-likeness (QED) is 0.848. The molecule has 0 spiro atoms. The van der Waals surface area contributed by atoms with Crippen molar-refractivity contribution < 1.29 is 9.53 Å². The van der Waals surface area contributed by atoms with Gasteiger partial charge in [-0.25, -0.2) is 4.98 Å². The predicted molar refractivity (Wildman–Crippen MR) is 80.2 cm³/mol. The first-order valence-corrected chi connectivity index (χ1v) is 7.47. The molecule has 1 saturated heterocycles. The predicted octanol–water partition coefficient (Wildman–Crippen LogP) is 1.50. The normalized spacial score (nSPS) is 15.3. The molecule has 0 bridgehead atoms. The molecule has 0 saturated carbocycles. The summed E-state index contributed by atoms with van der Waals surface area (Å²) in [6, 6.07) is 8.11. The fourth-order valence-corrected chi connectivity index (χ4v) is 3.20. The molecule has 106 valence electrons. The number of ether oxygens (including phenoxy) is 1. The van der Waals surface area contributed by atoms with E-state index < -0.39 is 0 Å². The summed E-state index contributed by atoms with van der Waals surface area (Å²) in [5.74, 6) is 0.179. The fraction of sp³-hybridized carbons (Fsp3) is 0.429.